The first-order valence-corrected chi connectivity index (χ1v) is 7.83. The average Bonchev–Trinajstić information content (AvgIpc) is 2.86. The van der Waals surface area contributed by atoms with E-state index in [9.17, 15) is 10.1 Å². The highest BCUT2D eigenvalue weighted by Crippen LogP contribution is 2.41. The zero-order chi connectivity index (χ0) is 13.9. The molecule has 1 aliphatic carbocycles. The minimum atomic E-state index is -0.310. The van der Waals surface area contributed by atoms with Gasteiger partial charge in [0, 0.05) is 17.4 Å². The molecule has 5 heteroatoms. The van der Waals surface area contributed by atoms with Crippen LogP contribution < -0.4 is 5.32 Å². The molecule has 1 N–H and O–H groups in total. The number of para-hydroxylation sites is 1. The monoisotopic (exact) mass is 280 g/mol. The number of aryl methyl sites for hydroxylation is 1. The lowest BCUT2D eigenvalue weighted by Crippen LogP contribution is -2.30. The van der Waals surface area contributed by atoms with E-state index >= 15 is 0 Å². The van der Waals surface area contributed by atoms with E-state index in [-0.39, 0.29) is 15.4 Å². The van der Waals surface area contributed by atoms with Crippen LogP contribution in [0.25, 0.3) is 0 Å². The lowest BCUT2D eigenvalue weighted by atomic mass is 10.1. The van der Waals surface area contributed by atoms with Crippen LogP contribution in [0.5, 0.6) is 0 Å². The highest BCUT2D eigenvalue weighted by Gasteiger charge is 2.33. The molecular weight excluding hydrogens is 260 g/mol. The molecular formula is C14H20N2O2S. The van der Waals surface area contributed by atoms with E-state index in [0.717, 1.165) is 12.1 Å². The van der Waals surface area contributed by atoms with Crippen molar-refractivity contribution in [2.75, 3.05) is 18.1 Å². The van der Waals surface area contributed by atoms with Gasteiger partial charge < -0.3 is 5.32 Å². The Kier molecular flexibility index (Phi) is 4.34. The predicted octanol–water partition coefficient (Wildman–Crippen LogP) is 3.99. The molecule has 19 heavy (non-hydrogen) atoms. The number of nitro benzene ring substituents is 1. The first-order chi connectivity index (χ1) is 9.08. The van der Waals surface area contributed by atoms with Crippen molar-refractivity contribution in [2.24, 2.45) is 0 Å². The molecule has 1 aromatic carbocycles. The Hall–Kier alpha value is -1.23. The largest absolute Gasteiger partial charge is 0.378 e. The lowest BCUT2D eigenvalue weighted by molar-refractivity contribution is -0.384. The number of rotatable bonds is 5. The molecule has 1 aliphatic rings. The topological polar surface area (TPSA) is 55.2 Å². The third-order valence-corrected chi connectivity index (χ3v) is 5.40. The fourth-order valence-corrected chi connectivity index (χ4v) is 3.67. The van der Waals surface area contributed by atoms with Gasteiger partial charge in [-0.25, -0.2) is 0 Å². The molecule has 0 heterocycles. The van der Waals surface area contributed by atoms with Crippen molar-refractivity contribution in [1.29, 1.82) is 0 Å². The van der Waals surface area contributed by atoms with E-state index < -0.39 is 0 Å². The maximum Gasteiger partial charge on any atom is 0.292 e. The SMILES string of the molecule is CSC1(CNc2c(C)cccc2[N+](=O)[O-])CCCC1. The Labute approximate surface area is 118 Å². The minimum absolute atomic E-state index is 0.175. The van der Waals surface area contributed by atoms with E-state index in [4.69, 9.17) is 0 Å². The van der Waals surface area contributed by atoms with Gasteiger partial charge in [0.15, 0.2) is 0 Å². The van der Waals surface area contributed by atoms with Crippen molar-refractivity contribution in [3.05, 3.63) is 33.9 Å². The second-order valence-corrected chi connectivity index (χ2v) is 6.45. The van der Waals surface area contributed by atoms with E-state index in [0.29, 0.717) is 5.69 Å². The molecule has 0 radical (unpaired) electrons. The summed E-state index contributed by atoms with van der Waals surface area (Å²) in [5.74, 6) is 0. The van der Waals surface area contributed by atoms with Gasteiger partial charge in [-0.05, 0) is 31.6 Å². The number of benzene rings is 1. The van der Waals surface area contributed by atoms with Gasteiger partial charge in [-0.2, -0.15) is 11.8 Å². The van der Waals surface area contributed by atoms with Crippen LogP contribution in [0.3, 0.4) is 0 Å². The van der Waals surface area contributed by atoms with Gasteiger partial charge >= 0.3 is 0 Å². The quantitative estimate of drug-likeness (QED) is 0.654. The summed E-state index contributed by atoms with van der Waals surface area (Å²) in [6.45, 7) is 2.72. The predicted molar refractivity (Wildman–Crippen MR) is 81.0 cm³/mol. The van der Waals surface area contributed by atoms with E-state index in [1.807, 2.05) is 24.8 Å². The van der Waals surface area contributed by atoms with Crippen molar-refractivity contribution in [3.8, 4) is 0 Å². The molecule has 1 aromatic rings. The summed E-state index contributed by atoms with van der Waals surface area (Å²) in [6, 6.07) is 5.21. The van der Waals surface area contributed by atoms with Crippen LogP contribution in [0, 0.1) is 17.0 Å². The molecule has 0 aliphatic heterocycles. The van der Waals surface area contributed by atoms with Crippen LogP contribution in [0.2, 0.25) is 0 Å². The van der Waals surface area contributed by atoms with Crippen molar-refractivity contribution in [1.82, 2.24) is 0 Å². The number of hydrogen-bond acceptors (Lipinski definition) is 4. The van der Waals surface area contributed by atoms with Gasteiger partial charge in [-0.15, -0.1) is 0 Å². The highest BCUT2D eigenvalue weighted by atomic mass is 32.2. The van der Waals surface area contributed by atoms with Crippen molar-refractivity contribution in [3.63, 3.8) is 0 Å². The van der Waals surface area contributed by atoms with E-state index in [1.165, 1.54) is 25.7 Å². The van der Waals surface area contributed by atoms with Gasteiger partial charge in [0.1, 0.15) is 5.69 Å². The average molecular weight is 280 g/mol. The van der Waals surface area contributed by atoms with Crippen molar-refractivity contribution >= 4 is 23.1 Å². The Morgan fingerprint density at radius 3 is 2.68 bits per heavy atom. The molecule has 4 nitrogen and oxygen atoms in total. The summed E-state index contributed by atoms with van der Waals surface area (Å²) in [4.78, 5) is 10.8. The summed E-state index contributed by atoms with van der Waals surface area (Å²) in [5.41, 5.74) is 1.78. The van der Waals surface area contributed by atoms with Gasteiger partial charge in [-0.3, -0.25) is 10.1 Å². The van der Waals surface area contributed by atoms with Gasteiger partial charge in [-0.1, -0.05) is 25.0 Å². The van der Waals surface area contributed by atoms with Crippen molar-refractivity contribution in [2.45, 2.75) is 37.4 Å². The number of thioether (sulfide) groups is 1. The number of nitrogens with zero attached hydrogens (tertiary/aromatic N) is 1. The molecule has 1 fully saturated rings. The summed E-state index contributed by atoms with van der Waals surface area (Å²) < 4.78 is 0.246. The maximum absolute atomic E-state index is 11.1. The van der Waals surface area contributed by atoms with Crippen LogP contribution in [0.1, 0.15) is 31.2 Å². The van der Waals surface area contributed by atoms with Crippen LogP contribution in [0.15, 0.2) is 18.2 Å². The molecule has 2 rings (SSSR count). The molecule has 0 amide bonds. The standard InChI is InChI=1S/C14H20N2O2S/c1-11-6-5-7-12(16(17)18)13(11)15-10-14(19-2)8-3-4-9-14/h5-7,15H,3-4,8-10H2,1-2H3. The van der Waals surface area contributed by atoms with Gasteiger partial charge in [0.25, 0.3) is 5.69 Å². The van der Waals surface area contributed by atoms with Crippen molar-refractivity contribution < 1.29 is 4.92 Å². The fourth-order valence-electron chi connectivity index (χ4n) is 2.76. The van der Waals surface area contributed by atoms with Gasteiger partial charge in [0.05, 0.1) is 4.92 Å². The molecule has 0 aromatic heterocycles. The third-order valence-electron chi connectivity index (χ3n) is 3.98. The van der Waals surface area contributed by atoms with Crippen LogP contribution in [-0.2, 0) is 0 Å². The Morgan fingerprint density at radius 1 is 1.42 bits per heavy atom. The van der Waals surface area contributed by atoms with Crippen LogP contribution >= 0.6 is 11.8 Å². The summed E-state index contributed by atoms with van der Waals surface area (Å²) >= 11 is 1.89. The second kappa shape index (κ2) is 5.82. The summed E-state index contributed by atoms with van der Waals surface area (Å²) in [7, 11) is 0. The van der Waals surface area contributed by atoms with Crippen LogP contribution in [-0.4, -0.2) is 22.5 Å². The molecule has 0 atom stereocenters. The molecule has 0 unspecified atom stereocenters. The van der Waals surface area contributed by atoms with E-state index in [1.54, 1.807) is 12.1 Å². The Balaban J connectivity index is 2.17. The molecule has 1 saturated carbocycles. The highest BCUT2D eigenvalue weighted by molar-refractivity contribution is 8.00. The zero-order valence-corrected chi connectivity index (χ0v) is 12.3. The van der Waals surface area contributed by atoms with E-state index in [2.05, 4.69) is 11.6 Å². The first kappa shape index (κ1) is 14.2. The number of nitro groups is 1. The minimum Gasteiger partial charge on any atom is -0.378 e. The number of anilines is 1. The molecule has 0 saturated heterocycles. The number of hydrogen-bond donors (Lipinski definition) is 1. The molecule has 104 valence electrons. The lowest BCUT2D eigenvalue weighted by Gasteiger charge is -2.27. The van der Waals surface area contributed by atoms with Gasteiger partial charge in [0.2, 0.25) is 0 Å². The first-order valence-electron chi connectivity index (χ1n) is 6.61. The fraction of sp³-hybridized carbons (Fsp3) is 0.571. The smallest absolute Gasteiger partial charge is 0.292 e. The Bertz CT molecular complexity index is 471. The van der Waals surface area contributed by atoms with Crippen LogP contribution in [0.4, 0.5) is 11.4 Å². The molecule has 0 spiro atoms. The number of nitrogens with one attached hydrogen (secondary N) is 1. The summed E-state index contributed by atoms with van der Waals surface area (Å²) in [5, 5.41) is 14.4. The normalized spacial score (nSPS) is 17.4. The third kappa shape index (κ3) is 3.03. The zero-order valence-electron chi connectivity index (χ0n) is 11.4. The summed E-state index contributed by atoms with van der Waals surface area (Å²) in [6.07, 6.45) is 7.05. The molecule has 0 bridgehead atoms. The Morgan fingerprint density at radius 2 is 2.11 bits per heavy atom. The second-order valence-electron chi connectivity index (χ2n) is 5.17. The maximum atomic E-state index is 11.1.